The zero-order valence-electron chi connectivity index (χ0n) is 9.10. The van der Waals surface area contributed by atoms with E-state index < -0.39 is 0 Å². The largest absolute Gasteiger partial charge is 0.329 e. The summed E-state index contributed by atoms with van der Waals surface area (Å²) in [4.78, 5) is 4.06. The molecule has 86 valence electrons. The maximum absolute atomic E-state index is 13.6. The number of nitriles is 1. The van der Waals surface area contributed by atoms with Gasteiger partial charge >= 0.3 is 0 Å². The first-order chi connectivity index (χ1) is 8.24. The van der Waals surface area contributed by atoms with E-state index in [0.717, 1.165) is 0 Å². The fourth-order valence-electron chi connectivity index (χ4n) is 1.60. The molecule has 4 nitrogen and oxygen atoms in total. The summed E-state index contributed by atoms with van der Waals surface area (Å²) in [5.74, 6) is 0.314. The van der Waals surface area contributed by atoms with Crippen molar-refractivity contribution in [1.29, 1.82) is 5.26 Å². The lowest BCUT2D eigenvalue weighted by molar-refractivity contribution is 0.594. The van der Waals surface area contributed by atoms with Gasteiger partial charge in [0.25, 0.3) is 0 Å². The number of imidazole rings is 1. The van der Waals surface area contributed by atoms with E-state index in [1.807, 2.05) is 6.07 Å². The fourth-order valence-corrected chi connectivity index (χ4v) is 1.60. The highest BCUT2D eigenvalue weighted by molar-refractivity contribution is 5.33. The van der Waals surface area contributed by atoms with Crippen molar-refractivity contribution in [1.82, 2.24) is 9.55 Å². The molecule has 1 heterocycles. The predicted octanol–water partition coefficient (Wildman–Crippen LogP) is 1.40. The van der Waals surface area contributed by atoms with Crippen molar-refractivity contribution in [3.63, 3.8) is 0 Å². The lowest BCUT2D eigenvalue weighted by Gasteiger charge is -2.07. The quantitative estimate of drug-likeness (QED) is 0.866. The molecule has 0 saturated heterocycles. The zero-order valence-corrected chi connectivity index (χ0v) is 9.10. The van der Waals surface area contributed by atoms with Crippen LogP contribution in [0.15, 0.2) is 30.6 Å². The van der Waals surface area contributed by atoms with Gasteiger partial charge in [0.2, 0.25) is 0 Å². The van der Waals surface area contributed by atoms with Crippen molar-refractivity contribution in [3.8, 4) is 6.07 Å². The summed E-state index contributed by atoms with van der Waals surface area (Å²) in [7, 11) is 0. The molecule has 0 bridgehead atoms. The molecule has 1 aromatic carbocycles. The van der Waals surface area contributed by atoms with E-state index in [4.69, 9.17) is 11.0 Å². The van der Waals surface area contributed by atoms with Crippen LogP contribution < -0.4 is 5.73 Å². The Balaban J connectivity index is 2.28. The number of aromatic nitrogens is 2. The van der Waals surface area contributed by atoms with Gasteiger partial charge in [-0.15, -0.1) is 0 Å². The molecule has 5 heteroatoms. The van der Waals surface area contributed by atoms with Gasteiger partial charge in [0.15, 0.2) is 0 Å². The average Bonchev–Trinajstić information content (AvgIpc) is 2.79. The molecule has 0 atom stereocenters. The summed E-state index contributed by atoms with van der Waals surface area (Å²) < 4.78 is 15.4. The number of halogens is 1. The lowest BCUT2D eigenvalue weighted by atomic mass is 10.1. The van der Waals surface area contributed by atoms with E-state index >= 15 is 0 Å². The Morgan fingerprint density at radius 3 is 2.94 bits per heavy atom. The van der Waals surface area contributed by atoms with Gasteiger partial charge in [-0.2, -0.15) is 5.26 Å². The summed E-state index contributed by atoms with van der Waals surface area (Å²) in [5.41, 5.74) is 6.34. The molecule has 2 aromatic rings. The fraction of sp³-hybridized carbons (Fsp3) is 0.167. The summed E-state index contributed by atoms with van der Waals surface area (Å²) in [5, 5.41) is 8.64. The zero-order chi connectivity index (χ0) is 12.3. The van der Waals surface area contributed by atoms with Crippen molar-refractivity contribution in [2.45, 2.75) is 13.1 Å². The molecule has 0 saturated carbocycles. The molecule has 0 amide bonds. The molecule has 17 heavy (non-hydrogen) atoms. The van der Waals surface area contributed by atoms with E-state index in [-0.39, 0.29) is 5.82 Å². The van der Waals surface area contributed by atoms with Crippen molar-refractivity contribution in [2.75, 3.05) is 0 Å². The van der Waals surface area contributed by atoms with E-state index in [0.29, 0.717) is 30.0 Å². The van der Waals surface area contributed by atoms with Crippen LogP contribution in [0.4, 0.5) is 4.39 Å². The second kappa shape index (κ2) is 4.76. The maximum atomic E-state index is 13.6. The number of benzene rings is 1. The van der Waals surface area contributed by atoms with Crippen LogP contribution in [0.3, 0.4) is 0 Å². The minimum Gasteiger partial charge on any atom is -0.329 e. The monoisotopic (exact) mass is 230 g/mol. The second-order valence-electron chi connectivity index (χ2n) is 3.59. The lowest BCUT2D eigenvalue weighted by Crippen LogP contribution is -2.09. The molecule has 2 N–H and O–H groups in total. The predicted molar refractivity (Wildman–Crippen MR) is 60.3 cm³/mol. The highest BCUT2D eigenvalue weighted by Gasteiger charge is 2.06. The Kier molecular flexibility index (Phi) is 3.17. The first-order valence-electron chi connectivity index (χ1n) is 5.13. The topological polar surface area (TPSA) is 67.6 Å². The third-order valence-corrected chi connectivity index (χ3v) is 2.51. The van der Waals surface area contributed by atoms with Crippen LogP contribution in [0.5, 0.6) is 0 Å². The van der Waals surface area contributed by atoms with Gasteiger partial charge in [-0.05, 0) is 12.1 Å². The maximum Gasteiger partial charge on any atom is 0.129 e. The molecular weight excluding hydrogens is 219 g/mol. The van der Waals surface area contributed by atoms with Crippen LogP contribution in [-0.4, -0.2) is 9.55 Å². The Labute approximate surface area is 98.1 Å². The number of nitrogens with two attached hydrogens (primary N) is 1. The van der Waals surface area contributed by atoms with Crippen LogP contribution in [-0.2, 0) is 13.1 Å². The summed E-state index contributed by atoms with van der Waals surface area (Å²) in [6.07, 6.45) is 3.38. The van der Waals surface area contributed by atoms with E-state index in [2.05, 4.69) is 4.98 Å². The van der Waals surface area contributed by atoms with Crippen LogP contribution in [0.2, 0.25) is 0 Å². The summed E-state index contributed by atoms with van der Waals surface area (Å²) >= 11 is 0. The van der Waals surface area contributed by atoms with Crippen molar-refractivity contribution in [3.05, 3.63) is 53.4 Å². The minimum atomic E-state index is -0.388. The summed E-state index contributed by atoms with van der Waals surface area (Å²) in [6.45, 7) is 0.676. The third-order valence-electron chi connectivity index (χ3n) is 2.51. The van der Waals surface area contributed by atoms with Crippen LogP contribution in [0, 0.1) is 17.1 Å². The van der Waals surface area contributed by atoms with Gasteiger partial charge in [-0.25, -0.2) is 9.37 Å². The van der Waals surface area contributed by atoms with Crippen molar-refractivity contribution in [2.24, 2.45) is 5.73 Å². The van der Waals surface area contributed by atoms with Crippen molar-refractivity contribution < 1.29 is 4.39 Å². The number of rotatable bonds is 3. The highest BCUT2D eigenvalue weighted by Crippen LogP contribution is 2.12. The van der Waals surface area contributed by atoms with Crippen molar-refractivity contribution >= 4 is 0 Å². The minimum absolute atomic E-state index is 0.310. The molecule has 2 rings (SSSR count). The van der Waals surface area contributed by atoms with Crippen LogP contribution in [0.1, 0.15) is 17.0 Å². The van der Waals surface area contributed by atoms with E-state index in [9.17, 15) is 4.39 Å². The normalized spacial score (nSPS) is 10.2. The van der Waals surface area contributed by atoms with Gasteiger partial charge in [-0.3, -0.25) is 0 Å². The third kappa shape index (κ3) is 2.32. The molecule has 1 aromatic heterocycles. The smallest absolute Gasteiger partial charge is 0.129 e. The second-order valence-corrected chi connectivity index (χ2v) is 3.59. The molecule has 0 unspecified atom stereocenters. The molecule has 0 fully saturated rings. The SMILES string of the molecule is N#Cc1ccc(Cn2ccnc2CN)c(F)c1. The number of nitrogens with zero attached hydrogens (tertiary/aromatic N) is 3. The Morgan fingerprint density at radius 1 is 1.47 bits per heavy atom. The highest BCUT2D eigenvalue weighted by atomic mass is 19.1. The molecule has 0 radical (unpaired) electrons. The standard InChI is InChI=1S/C12H11FN4/c13-11-5-9(6-14)1-2-10(11)8-17-4-3-16-12(17)7-15/h1-5H,7-8,15H2. The summed E-state index contributed by atoms with van der Waals surface area (Å²) in [6, 6.07) is 6.33. The molecule has 0 spiro atoms. The van der Waals surface area contributed by atoms with E-state index in [1.54, 1.807) is 29.1 Å². The van der Waals surface area contributed by atoms with E-state index in [1.165, 1.54) is 6.07 Å². The first kappa shape index (κ1) is 11.3. The van der Waals surface area contributed by atoms with Crippen LogP contribution in [0.25, 0.3) is 0 Å². The van der Waals surface area contributed by atoms with Gasteiger partial charge in [-0.1, -0.05) is 6.07 Å². The van der Waals surface area contributed by atoms with Crippen LogP contribution >= 0.6 is 0 Å². The van der Waals surface area contributed by atoms with Gasteiger partial charge < -0.3 is 10.3 Å². The number of hydrogen-bond donors (Lipinski definition) is 1. The molecule has 0 aliphatic heterocycles. The van der Waals surface area contributed by atoms with Gasteiger partial charge in [0.1, 0.15) is 11.6 Å². The van der Waals surface area contributed by atoms with Gasteiger partial charge in [0, 0.05) is 18.0 Å². The Bertz CT molecular complexity index is 568. The first-order valence-corrected chi connectivity index (χ1v) is 5.13. The van der Waals surface area contributed by atoms with Gasteiger partial charge in [0.05, 0.1) is 24.7 Å². The molecule has 0 aliphatic rings. The number of hydrogen-bond acceptors (Lipinski definition) is 3. The molecular formula is C12H11FN4. The average molecular weight is 230 g/mol. The molecule has 0 aliphatic carbocycles. The Morgan fingerprint density at radius 2 is 2.29 bits per heavy atom. The Hall–Kier alpha value is -2.19.